The molecule has 0 saturated carbocycles. The van der Waals surface area contributed by atoms with Gasteiger partial charge in [0.25, 0.3) is 0 Å². The zero-order valence-electron chi connectivity index (χ0n) is 10.8. The molecule has 3 nitrogen and oxygen atoms in total. The molecular formula is C13H20N2OS. The first kappa shape index (κ1) is 13.8. The normalized spacial score (nSPS) is 11.8. The second kappa shape index (κ2) is 6.45. The summed E-state index contributed by atoms with van der Waals surface area (Å²) in [6.07, 6.45) is 1.03. The van der Waals surface area contributed by atoms with Gasteiger partial charge in [-0.15, -0.1) is 0 Å². The molecule has 1 atom stereocenters. The molecule has 4 heteroatoms. The molecule has 0 bridgehead atoms. The fourth-order valence-corrected chi connectivity index (χ4v) is 1.71. The predicted molar refractivity (Wildman–Crippen MR) is 76.8 cm³/mol. The van der Waals surface area contributed by atoms with E-state index in [0.29, 0.717) is 11.2 Å². The van der Waals surface area contributed by atoms with Crippen LogP contribution in [0.15, 0.2) is 18.2 Å². The number of ether oxygens (including phenoxy) is 1. The molecule has 1 unspecified atom stereocenters. The lowest BCUT2D eigenvalue weighted by molar-refractivity contribution is 0.417. The van der Waals surface area contributed by atoms with Crippen molar-refractivity contribution in [1.82, 2.24) is 5.32 Å². The molecule has 0 radical (unpaired) electrons. The summed E-state index contributed by atoms with van der Waals surface area (Å²) in [6.45, 7) is 6.25. The highest BCUT2D eigenvalue weighted by Crippen LogP contribution is 2.24. The van der Waals surface area contributed by atoms with Gasteiger partial charge in [-0.3, -0.25) is 0 Å². The lowest BCUT2D eigenvalue weighted by Crippen LogP contribution is -2.35. The maximum Gasteiger partial charge on any atom is 0.171 e. The van der Waals surface area contributed by atoms with Crippen molar-refractivity contribution in [3.63, 3.8) is 0 Å². The quantitative estimate of drug-likeness (QED) is 0.807. The van der Waals surface area contributed by atoms with Gasteiger partial charge in [0.15, 0.2) is 5.11 Å². The molecule has 94 valence electrons. The fourth-order valence-electron chi connectivity index (χ4n) is 1.40. The van der Waals surface area contributed by atoms with E-state index in [1.165, 1.54) is 5.56 Å². The van der Waals surface area contributed by atoms with E-state index in [2.05, 4.69) is 24.5 Å². The van der Waals surface area contributed by atoms with E-state index in [9.17, 15) is 0 Å². The molecule has 0 aromatic heterocycles. The molecule has 0 heterocycles. The summed E-state index contributed by atoms with van der Waals surface area (Å²) in [5.74, 6) is 0.795. The van der Waals surface area contributed by atoms with E-state index in [1.54, 1.807) is 7.11 Å². The smallest absolute Gasteiger partial charge is 0.171 e. The van der Waals surface area contributed by atoms with Crippen LogP contribution in [0.2, 0.25) is 0 Å². The number of nitrogens with one attached hydrogen (secondary N) is 2. The standard InChI is InChI=1S/C13H20N2OS/c1-5-10(3)14-13(17)15-11-8-9(2)6-7-12(11)16-4/h6-8,10H,5H2,1-4H3,(H2,14,15,17). The highest BCUT2D eigenvalue weighted by Gasteiger charge is 2.06. The van der Waals surface area contributed by atoms with Gasteiger partial charge in [-0.05, 0) is 50.2 Å². The topological polar surface area (TPSA) is 33.3 Å². The number of rotatable bonds is 4. The molecule has 0 saturated heterocycles. The molecule has 1 aromatic carbocycles. The summed E-state index contributed by atoms with van der Waals surface area (Å²) in [7, 11) is 1.65. The van der Waals surface area contributed by atoms with Gasteiger partial charge in [-0.1, -0.05) is 13.0 Å². The second-order valence-corrected chi connectivity index (χ2v) is 4.52. The molecule has 17 heavy (non-hydrogen) atoms. The van der Waals surface area contributed by atoms with E-state index >= 15 is 0 Å². The molecule has 0 aliphatic carbocycles. The van der Waals surface area contributed by atoms with Crippen molar-refractivity contribution in [2.75, 3.05) is 12.4 Å². The average molecular weight is 252 g/mol. The first-order valence-corrected chi connectivity index (χ1v) is 6.19. The highest BCUT2D eigenvalue weighted by molar-refractivity contribution is 7.80. The van der Waals surface area contributed by atoms with Crippen molar-refractivity contribution in [3.8, 4) is 5.75 Å². The Morgan fingerprint density at radius 3 is 2.76 bits per heavy atom. The average Bonchev–Trinajstić information content (AvgIpc) is 2.29. The Hall–Kier alpha value is -1.29. The Bertz CT molecular complexity index is 393. The van der Waals surface area contributed by atoms with Crippen LogP contribution < -0.4 is 15.4 Å². The van der Waals surface area contributed by atoms with Gasteiger partial charge in [0.05, 0.1) is 12.8 Å². The number of benzene rings is 1. The van der Waals surface area contributed by atoms with Gasteiger partial charge in [0.2, 0.25) is 0 Å². The Kier molecular flexibility index (Phi) is 5.22. The van der Waals surface area contributed by atoms with Gasteiger partial charge in [-0.25, -0.2) is 0 Å². The third kappa shape index (κ3) is 4.23. The second-order valence-electron chi connectivity index (χ2n) is 4.11. The Morgan fingerprint density at radius 2 is 2.18 bits per heavy atom. The predicted octanol–water partition coefficient (Wildman–Crippen LogP) is 3.09. The van der Waals surface area contributed by atoms with Crippen molar-refractivity contribution in [3.05, 3.63) is 23.8 Å². The van der Waals surface area contributed by atoms with Crippen LogP contribution in [0, 0.1) is 6.92 Å². The van der Waals surface area contributed by atoms with Gasteiger partial charge in [-0.2, -0.15) is 0 Å². The van der Waals surface area contributed by atoms with Crippen LogP contribution in [-0.4, -0.2) is 18.3 Å². The van der Waals surface area contributed by atoms with Crippen LogP contribution >= 0.6 is 12.2 Å². The molecule has 0 fully saturated rings. The minimum atomic E-state index is 0.366. The molecule has 0 aliphatic heterocycles. The van der Waals surface area contributed by atoms with Crippen molar-refractivity contribution in [2.24, 2.45) is 0 Å². The van der Waals surface area contributed by atoms with Gasteiger partial charge in [0, 0.05) is 6.04 Å². The number of thiocarbonyl (C=S) groups is 1. The van der Waals surface area contributed by atoms with Crippen molar-refractivity contribution < 1.29 is 4.74 Å². The minimum absolute atomic E-state index is 0.366. The Morgan fingerprint density at radius 1 is 1.47 bits per heavy atom. The third-order valence-electron chi connectivity index (χ3n) is 2.59. The summed E-state index contributed by atoms with van der Waals surface area (Å²) in [4.78, 5) is 0. The third-order valence-corrected chi connectivity index (χ3v) is 2.81. The van der Waals surface area contributed by atoms with Crippen LogP contribution in [0.5, 0.6) is 5.75 Å². The lowest BCUT2D eigenvalue weighted by atomic mass is 10.2. The van der Waals surface area contributed by atoms with Crippen molar-refractivity contribution in [1.29, 1.82) is 0 Å². The van der Waals surface area contributed by atoms with Gasteiger partial charge >= 0.3 is 0 Å². The molecule has 1 aromatic rings. The SMILES string of the molecule is CCC(C)NC(=S)Nc1cc(C)ccc1OC. The fraction of sp³-hybridized carbons (Fsp3) is 0.462. The Balaban J connectivity index is 2.73. The van der Waals surface area contributed by atoms with E-state index in [-0.39, 0.29) is 0 Å². The molecular weight excluding hydrogens is 232 g/mol. The van der Waals surface area contributed by atoms with Crippen LogP contribution in [-0.2, 0) is 0 Å². The van der Waals surface area contributed by atoms with E-state index in [0.717, 1.165) is 17.9 Å². The molecule has 0 aliphatic rings. The molecule has 0 amide bonds. The summed E-state index contributed by atoms with van der Waals surface area (Å²) in [6, 6.07) is 6.33. The first-order chi connectivity index (χ1) is 8.06. The monoisotopic (exact) mass is 252 g/mol. The number of aryl methyl sites for hydroxylation is 1. The van der Waals surface area contributed by atoms with Crippen LogP contribution in [0.4, 0.5) is 5.69 Å². The minimum Gasteiger partial charge on any atom is -0.495 e. The highest BCUT2D eigenvalue weighted by atomic mass is 32.1. The molecule has 2 N–H and O–H groups in total. The summed E-state index contributed by atoms with van der Waals surface area (Å²) in [5, 5.41) is 7.00. The summed E-state index contributed by atoms with van der Waals surface area (Å²) >= 11 is 5.25. The maximum absolute atomic E-state index is 5.28. The van der Waals surface area contributed by atoms with Gasteiger partial charge < -0.3 is 15.4 Å². The number of hydrogen-bond acceptors (Lipinski definition) is 2. The van der Waals surface area contributed by atoms with Crippen molar-refractivity contribution in [2.45, 2.75) is 33.2 Å². The van der Waals surface area contributed by atoms with Crippen LogP contribution in [0.1, 0.15) is 25.8 Å². The van der Waals surface area contributed by atoms with Crippen molar-refractivity contribution >= 4 is 23.0 Å². The zero-order chi connectivity index (χ0) is 12.8. The number of methoxy groups -OCH3 is 1. The lowest BCUT2D eigenvalue weighted by Gasteiger charge is -2.17. The zero-order valence-corrected chi connectivity index (χ0v) is 11.6. The number of hydrogen-bond donors (Lipinski definition) is 2. The van der Waals surface area contributed by atoms with E-state index < -0.39 is 0 Å². The van der Waals surface area contributed by atoms with Crippen LogP contribution in [0.25, 0.3) is 0 Å². The summed E-state index contributed by atoms with van der Waals surface area (Å²) in [5.41, 5.74) is 2.06. The molecule has 1 rings (SSSR count). The first-order valence-electron chi connectivity index (χ1n) is 5.79. The van der Waals surface area contributed by atoms with Crippen LogP contribution in [0.3, 0.4) is 0 Å². The maximum atomic E-state index is 5.28. The number of anilines is 1. The largest absolute Gasteiger partial charge is 0.495 e. The van der Waals surface area contributed by atoms with Gasteiger partial charge in [0.1, 0.15) is 5.75 Å². The molecule has 0 spiro atoms. The van der Waals surface area contributed by atoms with E-state index in [1.807, 2.05) is 25.1 Å². The van der Waals surface area contributed by atoms with E-state index in [4.69, 9.17) is 17.0 Å². The Labute approximate surface area is 109 Å². The summed E-state index contributed by atoms with van der Waals surface area (Å²) < 4.78 is 5.28.